The summed E-state index contributed by atoms with van der Waals surface area (Å²) >= 11 is 0. The molecule has 0 saturated carbocycles. The van der Waals surface area contributed by atoms with Crippen LogP contribution in [0, 0.1) is 0 Å². The number of fused-ring (bicyclic) bond motifs is 1. The number of benzene rings is 1. The Bertz CT molecular complexity index is 1160. The number of hydrogen-bond donors (Lipinski definition) is 3. The van der Waals surface area contributed by atoms with E-state index in [-0.39, 0.29) is 0 Å². The maximum absolute atomic E-state index is 12.0. The summed E-state index contributed by atoms with van der Waals surface area (Å²) in [6.45, 7) is 3.87. The molecule has 0 spiro atoms. The molecule has 0 aliphatic carbocycles. The van der Waals surface area contributed by atoms with Crippen molar-refractivity contribution in [3.05, 3.63) is 66.1 Å². The Morgan fingerprint density at radius 2 is 1.97 bits per heavy atom. The molecule has 1 aliphatic heterocycles. The standard InChI is InChI=1S/C29H38N6O3/c1-38-19-18-35(16-6-5-11-24-13-12-23-10-7-15-31-28(23)32-24)17-14-25(29(36)37)33-27-21-30-20-26(34-27)22-8-3-2-4-9-22/h2-4,8-9,12-13,20-21,25H,5-7,10-11,14-19H2,1H3,(H,31,32)(H,33,34)(H,36,37)/t25-/m0/s1. The van der Waals surface area contributed by atoms with E-state index in [1.807, 2.05) is 30.3 Å². The minimum atomic E-state index is -0.907. The third kappa shape index (κ3) is 8.22. The van der Waals surface area contributed by atoms with Gasteiger partial charge in [0.25, 0.3) is 0 Å². The predicted molar refractivity (Wildman–Crippen MR) is 149 cm³/mol. The molecule has 1 aliphatic rings. The molecule has 0 bridgehead atoms. The average Bonchev–Trinajstić information content (AvgIpc) is 2.96. The number of ether oxygens (including phenoxy) is 1. The van der Waals surface area contributed by atoms with Gasteiger partial charge in [-0.1, -0.05) is 36.4 Å². The van der Waals surface area contributed by atoms with Crippen LogP contribution in [-0.2, 0) is 22.4 Å². The zero-order valence-electron chi connectivity index (χ0n) is 22.1. The highest BCUT2D eigenvalue weighted by Crippen LogP contribution is 2.21. The summed E-state index contributed by atoms with van der Waals surface area (Å²) in [6.07, 6.45) is 8.91. The van der Waals surface area contributed by atoms with Crippen molar-refractivity contribution in [3.8, 4) is 11.3 Å². The monoisotopic (exact) mass is 518 g/mol. The third-order valence-corrected chi connectivity index (χ3v) is 6.78. The van der Waals surface area contributed by atoms with Crippen LogP contribution in [-0.4, -0.2) is 76.9 Å². The summed E-state index contributed by atoms with van der Waals surface area (Å²) in [5, 5.41) is 16.3. The van der Waals surface area contributed by atoms with E-state index in [1.165, 1.54) is 5.56 Å². The number of anilines is 2. The van der Waals surface area contributed by atoms with Crippen molar-refractivity contribution in [1.29, 1.82) is 0 Å². The second-order valence-electron chi connectivity index (χ2n) is 9.61. The zero-order valence-corrected chi connectivity index (χ0v) is 22.1. The molecule has 3 N–H and O–H groups in total. The van der Waals surface area contributed by atoms with E-state index in [0.29, 0.717) is 31.1 Å². The van der Waals surface area contributed by atoms with Gasteiger partial charge >= 0.3 is 5.97 Å². The largest absolute Gasteiger partial charge is 0.480 e. The van der Waals surface area contributed by atoms with Gasteiger partial charge in [0.05, 0.1) is 24.7 Å². The molecule has 2 aromatic heterocycles. The summed E-state index contributed by atoms with van der Waals surface area (Å²) in [4.78, 5) is 27.9. The minimum absolute atomic E-state index is 0.439. The number of pyridine rings is 1. The molecule has 0 amide bonds. The van der Waals surface area contributed by atoms with E-state index in [0.717, 1.165) is 68.8 Å². The molecule has 1 atom stereocenters. The van der Waals surface area contributed by atoms with E-state index in [9.17, 15) is 9.90 Å². The molecule has 0 saturated heterocycles. The van der Waals surface area contributed by atoms with Gasteiger partial charge < -0.3 is 25.4 Å². The molecule has 0 radical (unpaired) electrons. The number of carboxylic acid groups (broad SMARTS) is 1. The molecular formula is C29H38N6O3. The van der Waals surface area contributed by atoms with Crippen molar-refractivity contribution >= 4 is 17.6 Å². The number of carbonyl (C=O) groups is 1. The number of hydrogen-bond acceptors (Lipinski definition) is 8. The smallest absolute Gasteiger partial charge is 0.326 e. The lowest BCUT2D eigenvalue weighted by atomic mass is 10.1. The quantitative estimate of drug-likeness (QED) is 0.256. The number of carboxylic acids is 1. The number of nitrogens with zero attached hydrogens (tertiary/aromatic N) is 4. The van der Waals surface area contributed by atoms with Crippen LogP contribution in [0.2, 0.25) is 0 Å². The molecule has 0 fully saturated rings. The fourth-order valence-electron chi connectivity index (χ4n) is 4.64. The number of aliphatic carboxylic acids is 1. The van der Waals surface area contributed by atoms with Gasteiger partial charge in [0.2, 0.25) is 0 Å². The molecule has 38 heavy (non-hydrogen) atoms. The highest BCUT2D eigenvalue weighted by atomic mass is 16.5. The molecule has 9 heteroatoms. The second kappa shape index (κ2) is 14.4. The van der Waals surface area contributed by atoms with E-state index in [4.69, 9.17) is 9.72 Å². The lowest BCUT2D eigenvalue weighted by Crippen LogP contribution is -2.37. The van der Waals surface area contributed by atoms with Gasteiger partial charge in [-0.15, -0.1) is 0 Å². The zero-order chi connectivity index (χ0) is 26.6. The first-order valence-corrected chi connectivity index (χ1v) is 13.4. The molecule has 4 rings (SSSR count). The van der Waals surface area contributed by atoms with Crippen molar-refractivity contribution in [2.45, 2.75) is 44.6 Å². The summed E-state index contributed by atoms with van der Waals surface area (Å²) in [6, 6.07) is 13.3. The Kier molecular flexibility index (Phi) is 10.4. The number of rotatable bonds is 15. The van der Waals surface area contributed by atoms with Crippen molar-refractivity contribution in [2.24, 2.45) is 0 Å². The first-order chi connectivity index (χ1) is 18.6. The van der Waals surface area contributed by atoms with Crippen molar-refractivity contribution in [3.63, 3.8) is 0 Å². The molecule has 3 aromatic rings. The van der Waals surface area contributed by atoms with E-state index < -0.39 is 12.0 Å². The molecule has 202 valence electrons. The number of methoxy groups -OCH3 is 1. The van der Waals surface area contributed by atoms with Crippen LogP contribution in [0.3, 0.4) is 0 Å². The summed E-state index contributed by atoms with van der Waals surface area (Å²) in [7, 11) is 1.69. The Morgan fingerprint density at radius 1 is 1.11 bits per heavy atom. The van der Waals surface area contributed by atoms with Crippen LogP contribution >= 0.6 is 0 Å². The molecule has 0 unspecified atom stereocenters. The van der Waals surface area contributed by atoms with E-state index in [2.05, 4.69) is 37.6 Å². The number of aromatic nitrogens is 3. The third-order valence-electron chi connectivity index (χ3n) is 6.78. The first-order valence-electron chi connectivity index (χ1n) is 13.4. The SMILES string of the molecule is COCCN(CCCCc1ccc2c(n1)NCCC2)CC[C@H](Nc1cncc(-c2ccccc2)n1)C(=O)O. The predicted octanol–water partition coefficient (Wildman–Crippen LogP) is 4.12. The Balaban J connectivity index is 1.28. The van der Waals surface area contributed by atoms with Gasteiger partial charge in [-0.2, -0.15) is 0 Å². The van der Waals surface area contributed by atoms with Gasteiger partial charge in [-0.3, -0.25) is 4.98 Å². The number of unbranched alkanes of at least 4 members (excludes halogenated alkanes) is 1. The average molecular weight is 519 g/mol. The Hall–Kier alpha value is -3.56. The second-order valence-corrected chi connectivity index (χ2v) is 9.61. The van der Waals surface area contributed by atoms with E-state index in [1.54, 1.807) is 19.5 Å². The van der Waals surface area contributed by atoms with E-state index >= 15 is 0 Å². The van der Waals surface area contributed by atoms with Crippen LogP contribution in [0.4, 0.5) is 11.6 Å². The van der Waals surface area contributed by atoms with Gasteiger partial charge in [-0.25, -0.2) is 14.8 Å². The van der Waals surface area contributed by atoms with Crippen LogP contribution in [0.25, 0.3) is 11.3 Å². The van der Waals surface area contributed by atoms with Gasteiger partial charge in [0, 0.05) is 38.0 Å². The number of nitrogens with one attached hydrogen (secondary N) is 2. The maximum Gasteiger partial charge on any atom is 0.326 e. The fourth-order valence-corrected chi connectivity index (χ4v) is 4.64. The fraction of sp³-hybridized carbons (Fsp3) is 0.448. The highest BCUT2D eigenvalue weighted by molar-refractivity contribution is 5.77. The Morgan fingerprint density at radius 3 is 2.79 bits per heavy atom. The van der Waals surface area contributed by atoms with Crippen molar-refractivity contribution in [1.82, 2.24) is 19.9 Å². The highest BCUT2D eigenvalue weighted by Gasteiger charge is 2.20. The maximum atomic E-state index is 12.0. The first kappa shape index (κ1) is 27.5. The topological polar surface area (TPSA) is 113 Å². The van der Waals surface area contributed by atoms with Crippen LogP contribution < -0.4 is 10.6 Å². The van der Waals surface area contributed by atoms with Gasteiger partial charge in [0.1, 0.15) is 17.7 Å². The molecule has 3 heterocycles. The Labute approximate surface area is 224 Å². The van der Waals surface area contributed by atoms with Gasteiger partial charge in [-0.05, 0) is 56.7 Å². The minimum Gasteiger partial charge on any atom is -0.480 e. The van der Waals surface area contributed by atoms with Gasteiger partial charge in [0.15, 0.2) is 0 Å². The number of aryl methyl sites for hydroxylation is 2. The summed E-state index contributed by atoms with van der Waals surface area (Å²) < 4.78 is 5.30. The molecular weight excluding hydrogens is 480 g/mol. The van der Waals surface area contributed by atoms with Crippen LogP contribution in [0.5, 0.6) is 0 Å². The summed E-state index contributed by atoms with van der Waals surface area (Å²) in [5.74, 6) is 0.589. The lowest BCUT2D eigenvalue weighted by molar-refractivity contribution is -0.138. The lowest BCUT2D eigenvalue weighted by Gasteiger charge is -2.24. The molecule has 9 nitrogen and oxygen atoms in total. The van der Waals surface area contributed by atoms with Crippen LogP contribution in [0.1, 0.15) is 36.9 Å². The van der Waals surface area contributed by atoms with Crippen LogP contribution in [0.15, 0.2) is 54.9 Å². The summed E-state index contributed by atoms with van der Waals surface area (Å²) in [5.41, 5.74) is 4.06. The van der Waals surface area contributed by atoms with Crippen molar-refractivity contribution in [2.75, 3.05) is 50.5 Å². The molecule has 1 aromatic carbocycles. The normalized spacial score (nSPS) is 13.5. The van der Waals surface area contributed by atoms with Crippen molar-refractivity contribution < 1.29 is 14.6 Å².